The molecule has 0 unspecified atom stereocenters. The van der Waals surface area contributed by atoms with Gasteiger partial charge >= 0.3 is 5.97 Å². The maximum absolute atomic E-state index is 11.5. The van der Waals surface area contributed by atoms with Crippen molar-refractivity contribution in [3.05, 3.63) is 22.8 Å². The van der Waals surface area contributed by atoms with Crippen molar-refractivity contribution in [3.63, 3.8) is 0 Å². The van der Waals surface area contributed by atoms with Crippen molar-refractivity contribution < 1.29 is 14.3 Å². The number of carbonyl (C=O) groups excluding carboxylic acids is 1. The van der Waals surface area contributed by atoms with E-state index < -0.39 is 11.4 Å². The summed E-state index contributed by atoms with van der Waals surface area (Å²) in [7, 11) is 0. The molecule has 0 atom stereocenters. The van der Waals surface area contributed by atoms with Crippen LogP contribution in [0.15, 0.2) is 22.8 Å². The zero-order valence-electron chi connectivity index (χ0n) is 8.35. The first-order valence-electron chi connectivity index (χ1n) is 4.42. The first-order valence-corrected chi connectivity index (χ1v) is 4.42. The van der Waals surface area contributed by atoms with E-state index in [1.54, 1.807) is 18.2 Å². The highest BCUT2D eigenvalue weighted by molar-refractivity contribution is 5.96. The lowest BCUT2D eigenvalue weighted by molar-refractivity contribution is -0.136. The largest absolute Gasteiger partial charge is 0.454 e. The van der Waals surface area contributed by atoms with Gasteiger partial charge in [0, 0.05) is 0 Å². The molecule has 82 valence electrons. The van der Waals surface area contributed by atoms with Gasteiger partial charge in [0.25, 0.3) is 0 Å². The number of nitrogens with zero attached hydrogens (tertiary/aromatic N) is 3. The lowest BCUT2D eigenvalue weighted by Crippen LogP contribution is -2.32. The smallest absolute Gasteiger partial charge is 0.341 e. The fourth-order valence-electron chi connectivity index (χ4n) is 1.71. The number of nitriles is 3. The number of nitrogens with two attached hydrogens (primary N) is 1. The van der Waals surface area contributed by atoms with Gasteiger partial charge in [-0.3, -0.25) is 0 Å². The molecule has 17 heavy (non-hydrogen) atoms. The minimum Gasteiger partial charge on any atom is -0.454 e. The van der Waals surface area contributed by atoms with Crippen LogP contribution in [0.4, 0.5) is 0 Å². The molecule has 2 rings (SSSR count). The Bertz CT molecular complexity index is 595. The predicted octanol–water partition coefficient (Wildman–Crippen LogP) is -0.445. The topological polar surface area (TPSA) is 133 Å². The molecule has 0 aliphatic carbocycles. The fourth-order valence-corrected chi connectivity index (χ4v) is 1.71. The highest BCUT2D eigenvalue weighted by Crippen LogP contribution is 2.44. The van der Waals surface area contributed by atoms with Crippen LogP contribution >= 0.6 is 0 Å². The number of hydrogen-bond donors (Lipinski definition) is 1. The summed E-state index contributed by atoms with van der Waals surface area (Å²) in [5.41, 5.74) is 2.76. The summed E-state index contributed by atoms with van der Waals surface area (Å²) in [5, 5.41) is 27.2. The van der Waals surface area contributed by atoms with E-state index in [0.29, 0.717) is 0 Å². The van der Waals surface area contributed by atoms with E-state index in [9.17, 15) is 4.79 Å². The van der Waals surface area contributed by atoms with Gasteiger partial charge in [0.2, 0.25) is 11.3 Å². The van der Waals surface area contributed by atoms with Crippen LogP contribution in [-0.2, 0) is 14.3 Å². The molecule has 0 amide bonds. The summed E-state index contributed by atoms with van der Waals surface area (Å²) >= 11 is 0. The van der Waals surface area contributed by atoms with Crippen LogP contribution in [0, 0.1) is 39.4 Å². The number of rotatable bonds is 0. The third-order valence-corrected chi connectivity index (χ3v) is 2.49. The van der Waals surface area contributed by atoms with E-state index in [1.165, 1.54) is 0 Å². The molecule has 7 nitrogen and oxygen atoms in total. The SMILES string of the molecule is N#CC1=C(N)OC2=C(C(=O)OC2)C1(C#N)C#N. The number of allylic oxidation sites excluding steroid dienone is 1. The molecule has 0 aromatic rings. The molecule has 7 heteroatoms. The summed E-state index contributed by atoms with van der Waals surface area (Å²) in [6.45, 7) is -0.196. The number of hydrogen-bond acceptors (Lipinski definition) is 7. The molecule has 0 aromatic carbocycles. The Morgan fingerprint density at radius 3 is 2.47 bits per heavy atom. The van der Waals surface area contributed by atoms with Crippen molar-refractivity contribution in [1.29, 1.82) is 15.8 Å². The molecule has 0 fully saturated rings. The Hall–Kier alpha value is -2.98. The van der Waals surface area contributed by atoms with E-state index in [1.807, 2.05) is 0 Å². The third-order valence-electron chi connectivity index (χ3n) is 2.49. The van der Waals surface area contributed by atoms with Crippen LogP contribution in [-0.4, -0.2) is 12.6 Å². The second-order valence-corrected chi connectivity index (χ2v) is 3.30. The van der Waals surface area contributed by atoms with Gasteiger partial charge in [0.15, 0.2) is 12.4 Å². The Balaban J connectivity index is 2.76. The number of esters is 1. The standard InChI is InChI=1S/C10H4N4O3/c11-1-5-8(14)17-6-2-16-9(15)7(6)10(5,3-12)4-13/h2,14H2. The molecule has 0 radical (unpaired) electrons. The van der Waals surface area contributed by atoms with Crippen LogP contribution in [0.2, 0.25) is 0 Å². The summed E-state index contributed by atoms with van der Waals surface area (Å²) in [4.78, 5) is 11.5. The molecule has 2 heterocycles. The summed E-state index contributed by atoms with van der Waals surface area (Å²) in [6, 6.07) is 4.90. The molecule has 0 bridgehead atoms. The molecule has 2 aliphatic heterocycles. The normalized spacial score (nSPS) is 20.6. The summed E-state index contributed by atoms with van der Waals surface area (Å²) in [5.74, 6) is -1.19. The highest BCUT2D eigenvalue weighted by Gasteiger charge is 2.53. The van der Waals surface area contributed by atoms with Gasteiger partial charge in [-0.25, -0.2) is 4.79 Å². The van der Waals surface area contributed by atoms with Crippen molar-refractivity contribution in [2.75, 3.05) is 6.61 Å². The van der Waals surface area contributed by atoms with Gasteiger partial charge < -0.3 is 15.2 Å². The van der Waals surface area contributed by atoms with Gasteiger partial charge in [-0.05, 0) is 0 Å². The zero-order chi connectivity index (χ0) is 12.6. The number of cyclic esters (lactones) is 1. The molecular weight excluding hydrogens is 224 g/mol. The monoisotopic (exact) mass is 228 g/mol. The minimum atomic E-state index is -2.04. The first-order chi connectivity index (χ1) is 8.10. The summed E-state index contributed by atoms with van der Waals surface area (Å²) in [6.07, 6.45) is 0. The Kier molecular flexibility index (Phi) is 2.02. The second kappa shape index (κ2) is 3.26. The van der Waals surface area contributed by atoms with Crippen molar-refractivity contribution in [1.82, 2.24) is 0 Å². The predicted molar refractivity (Wildman–Crippen MR) is 49.6 cm³/mol. The maximum atomic E-state index is 11.5. The van der Waals surface area contributed by atoms with E-state index in [2.05, 4.69) is 4.74 Å². The van der Waals surface area contributed by atoms with E-state index >= 15 is 0 Å². The van der Waals surface area contributed by atoms with E-state index in [-0.39, 0.29) is 29.4 Å². The van der Waals surface area contributed by atoms with Crippen LogP contribution in [0.3, 0.4) is 0 Å². The average Bonchev–Trinajstić information content (AvgIpc) is 2.69. The Morgan fingerprint density at radius 2 is 1.94 bits per heavy atom. The molecule has 0 spiro atoms. The average molecular weight is 228 g/mol. The number of ether oxygens (including phenoxy) is 2. The number of carbonyl (C=O) groups is 1. The fraction of sp³-hybridized carbons (Fsp3) is 0.200. The second-order valence-electron chi connectivity index (χ2n) is 3.30. The van der Waals surface area contributed by atoms with Gasteiger partial charge in [0.1, 0.15) is 17.2 Å². The van der Waals surface area contributed by atoms with E-state index in [4.69, 9.17) is 26.3 Å². The molecule has 2 N–H and O–H groups in total. The van der Waals surface area contributed by atoms with Gasteiger partial charge in [-0.15, -0.1) is 0 Å². The van der Waals surface area contributed by atoms with Crippen LogP contribution in [0.5, 0.6) is 0 Å². The van der Waals surface area contributed by atoms with Crippen molar-refractivity contribution in [3.8, 4) is 18.2 Å². The lowest BCUT2D eigenvalue weighted by atomic mass is 9.75. The molecular formula is C10H4N4O3. The molecule has 2 aliphatic rings. The van der Waals surface area contributed by atoms with Crippen LogP contribution in [0.1, 0.15) is 0 Å². The minimum absolute atomic E-state index is 0.00889. The van der Waals surface area contributed by atoms with Crippen LogP contribution < -0.4 is 5.73 Å². The van der Waals surface area contributed by atoms with Crippen LogP contribution in [0.25, 0.3) is 0 Å². The Morgan fingerprint density at radius 1 is 1.29 bits per heavy atom. The van der Waals surface area contributed by atoms with Crippen molar-refractivity contribution in [2.45, 2.75) is 0 Å². The lowest BCUT2D eigenvalue weighted by Gasteiger charge is -2.23. The molecule has 0 saturated carbocycles. The summed E-state index contributed by atoms with van der Waals surface area (Å²) < 4.78 is 9.68. The third kappa shape index (κ3) is 1.09. The maximum Gasteiger partial charge on any atom is 0.341 e. The van der Waals surface area contributed by atoms with Gasteiger partial charge in [-0.1, -0.05) is 0 Å². The zero-order valence-corrected chi connectivity index (χ0v) is 8.35. The Labute approximate surface area is 95.5 Å². The van der Waals surface area contributed by atoms with Gasteiger partial charge in [0.05, 0.1) is 12.1 Å². The first kappa shape index (κ1) is 10.5. The van der Waals surface area contributed by atoms with Crippen molar-refractivity contribution in [2.24, 2.45) is 11.1 Å². The van der Waals surface area contributed by atoms with Crippen molar-refractivity contribution >= 4 is 5.97 Å². The highest BCUT2D eigenvalue weighted by atomic mass is 16.6. The molecule has 0 aromatic heterocycles. The van der Waals surface area contributed by atoms with E-state index in [0.717, 1.165) is 0 Å². The molecule has 0 saturated heterocycles. The quantitative estimate of drug-likeness (QED) is 0.555. The van der Waals surface area contributed by atoms with Gasteiger partial charge in [-0.2, -0.15) is 15.8 Å².